The van der Waals surface area contributed by atoms with Crippen molar-refractivity contribution in [2.75, 3.05) is 33.4 Å². The van der Waals surface area contributed by atoms with E-state index in [1.807, 2.05) is 4.90 Å². The molecule has 6 nitrogen and oxygen atoms in total. The Morgan fingerprint density at radius 1 is 1.59 bits per heavy atom. The third kappa shape index (κ3) is 4.70. The fourth-order valence-electron chi connectivity index (χ4n) is 1.80. The molecular formula is C11H19NO5. The van der Waals surface area contributed by atoms with Gasteiger partial charge in [-0.25, -0.2) is 0 Å². The van der Waals surface area contributed by atoms with Gasteiger partial charge in [-0.1, -0.05) is 6.92 Å². The van der Waals surface area contributed by atoms with Gasteiger partial charge in [0.05, 0.1) is 32.2 Å². The van der Waals surface area contributed by atoms with E-state index >= 15 is 0 Å². The van der Waals surface area contributed by atoms with Crippen LogP contribution in [0.2, 0.25) is 0 Å². The highest BCUT2D eigenvalue weighted by molar-refractivity contribution is 5.70. The zero-order chi connectivity index (χ0) is 12.8. The first-order valence-corrected chi connectivity index (χ1v) is 5.66. The van der Waals surface area contributed by atoms with Gasteiger partial charge in [0.15, 0.2) is 0 Å². The van der Waals surface area contributed by atoms with Crippen molar-refractivity contribution in [2.24, 2.45) is 5.92 Å². The van der Waals surface area contributed by atoms with Gasteiger partial charge in [0.25, 0.3) is 0 Å². The van der Waals surface area contributed by atoms with Gasteiger partial charge in [-0.05, 0) is 0 Å². The van der Waals surface area contributed by atoms with E-state index in [4.69, 9.17) is 9.84 Å². The minimum absolute atomic E-state index is 0.197. The summed E-state index contributed by atoms with van der Waals surface area (Å²) < 4.78 is 10.0. The number of nitrogens with zero attached hydrogens (tertiary/aromatic N) is 1. The van der Waals surface area contributed by atoms with E-state index in [1.165, 1.54) is 7.11 Å². The van der Waals surface area contributed by atoms with Crippen molar-refractivity contribution in [1.29, 1.82) is 0 Å². The molecule has 0 radical (unpaired) electrons. The van der Waals surface area contributed by atoms with Gasteiger partial charge in [0.1, 0.15) is 0 Å². The van der Waals surface area contributed by atoms with Crippen LogP contribution in [0.25, 0.3) is 0 Å². The monoisotopic (exact) mass is 245 g/mol. The van der Waals surface area contributed by atoms with Crippen LogP contribution in [0.1, 0.15) is 13.3 Å². The van der Waals surface area contributed by atoms with Gasteiger partial charge in [-0.15, -0.1) is 0 Å². The maximum absolute atomic E-state index is 11.1. The lowest BCUT2D eigenvalue weighted by atomic mass is 10.1. The van der Waals surface area contributed by atoms with Crippen LogP contribution in [0, 0.1) is 5.92 Å². The number of carboxylic acids is 1. The molecule has 1 fully saturated rings. The van der Waals surface area contributed by atoms with Gasteiger partial charge < -0.3 is 14.6 Å². The van der Waals surface area contributed by atoms with Crippen molar-refractivity contribution < 1.29 is 24.2 Å². The molecule has 0 aliphatic carbocycles. The van der Waals surface area contributed by atoms with Crippen LogP contribution in [0.3, 0.4) is 0 Å². The summed E-state index contributed by atoms with van der Waals surface area (Å²) in [5.41, 5.74) is 0. The first kappa shape index (κ1) is 13.9. The Balaban J connectivity index is 2.38. The molecule has 0 amide bonds. The van der Waals surface area contributed by atoms with Crippen LogP contribution in [-0.2, 0) is 19.1 Å². The number of carbonyl (C=O) groups is 2. The van der Waals surface area contributed by atoms with Crippen LogP contribution >= 0.6 is 0 Å². The van der Waals surface area contributed by atoms with Crippen LogP contribution < -0.4 is 0 Å². The number of aliphatic carboxylic acids is 1. The lowest BCUT2D eigenvalue weighted by molar-refractivity contribution is -0.147. The highest BCUT2D eigenvalue weighted by Crippen LogP contribution is 2.11. The highest BCUT2D eigenvalue weighted by atomic mass is 16.5. The Labute approximate surface area is 100 Å². The van der Waals surface area contributed by atoms with Gasteiger partial charge in [0, 0.05) is 19.6 Å². The second-order valence-electron chi connectivity index (χ2n) is 4.27. The highest BCUT2D eigenvalue weighted by Gasteiger charge is 2.25. The molecule has 17 heavy (non-hydrogen) atoms. The second kappa shape index (κ2) is 6.56. The van der Waals surface area contributed by atoms with E-state index in [2.05, 4.69) is 4.74 Å². The van der Waals surface area contributed by atoms with Crippen molar-refractivity contribution in [3.05, 3.63) is 0 Å². The SMILES string of the molecule is COC(=O)CC1CN(CC(C)C(=O)O)CCO1. The lowest BCUT2D eigenvalue weighted by Gasteiger charge is -2.33. The number of morpholine rings is 1. The molecule has 0 aromatic rings. The average Bonchev–Trinajstić information content (AvgIpc) is 2.29. The van der Waals surface area contributed by atoms with Crippen molar-refractivity contribution in [2.45, 2.75) is 19.4 Å². The third-order valence-corrected chi connectivity index (χ3v) is 2.80. The summed E-state index contributed by atoms with van der Waals surface area (Å²) in [6, 6.07) is 0. The summed E-state index contributed by atoms with van der Waals surface area (Å²) >= 11 is 0. The Kier molecular flexibility index (Phi) is 5.37. The van der Waals surface area contributed by atoms with E-state index in [0.717, 1.165) is 0 Å². The van der Waals surface area contributed by atoms with Gasteiger partial charge in [-0.3, -0.25) is 14.5 Å². The van der Waals surface area contributed by atoms with E-state index in [-0.39, 0.29) is 18.5 Å². The molecule has 98 valence electrons. The second-order valence-corrected chi connectivity index (χ2v) is 4.27. The molecule has 0 spiro atoms. The Hall–Kier alpha value is -1.14. The smallest absolute Gasteiger partial charge is 0.308 e. The number of carboxylic acid groups (broad SMARTS) is 1. The molecule has 0 saturated carbocycles. The van der Waals surface area contributed by atoms with Crippen LogP contribution in [0.5, 0.6) is 0 Å². The zero-order valence-electron chi connectivity index (χ0n) is 10.2. The molecule has 1 aliphatic heterocycles. The molecule has 0 bridgehead atoms. The first-order valence-electron chi connectivity index (χ1n) is 5.66. The largest absolute Gasteiger partial charge is 0.481 e. The molecule has 2 unspecified atom stereocenters. The molecule has 6 heteroatoms. The van der Waals surface area contributed by atoms with Crippen LogP contribution in [0.4, 0.5) is 0 Å². The summed E-state index contributed by atoms with van der Waals surface area (Å²) in [4.78, 5) is 23.9. The Morgan fingerprint density at radius 2 is 2.29 bits per heavy atom. The van der Waals surface area contributed by atoms with E-state index < -0.39 is 11.9 Å². The Morgan fingerprint density at radius 3 is 2.88 bits per heavy atom. The summed E-state index contributed by atoms with van der Waals surface area (Å²) in [5, 5.41) is 8.83. The summed E-state index contributed by atoms with van der Waals surface area (Å²) in [6.07, 6.45) is 0.0197. The topological polar surface area (TPSA) is 76.1 Å². The number of ether oxygens (including phenoxy) is 2. The fraction of sp³-hybridized carbons (Fsp3) is 0.818. The molecule has 1 saturated heterocycles. The number of hydrogen-bond donors (Lipinski definition) is 1. The average molecular weight is 245 g/mol. The number of hydrogen-bond acceptors (Lipinski definition) is 5. The first-order chi connectivity index (χ1) is 8.02. The normalized spacial score (nSPS) is 23.1. The summed E-state index contributed by atoms with van der Waals surface area (Å²) in [7, 11) is 1.34. The minimum Gasteiger partial charge on any atom is -0.481 e. The number of rotatable bonds is 5. The van der Waals surface area contributed by atoms with Crippen LogP contribution in [-0.4, -0.2) is 61.4 Å². The fourth-order valence-corrected chi connectivity index (χ4v) is 1.80. The molecule has 1 heterocycles. The number of esters is 1. The van der Waals surface area contributed by atoms with Gasteiger partial charge >= 0.3 is 11.9 Å². The predicted octanol–water partition coefficient (Wildman–Crippen LogP) is -0.0290. The molecular weight excluding hydrogens is 226 g/mol. The number of methoxy groups -OCH3 is 1. The maximum atomic E-state index is 11.1. The standard InChI is InChI=1S/C11H19NO5/c1-8(11(14)15)6-12-3-4-17-9(7-12)5-10(13)16-2/h8-9H,3-7H2,1-2H3,(H,14,15). The van der Waals surface area contributed by atoms with E-state index in [0.29, 0.717) is 26.2 Å². The molecule has 0 aromatic heterocycles. The quantitative estimate of drug-likeness (QED) is 0.685. The summed E-state index contributed by atoms with van der Waals surface area (Å²) in [6.45, 7) is 3.96. The number of carbonyl (C=O) groups excluding carboxylic acids is 1. The Bertz CT molecular complexity index is 281. The molecule has 1 N–H and O–H groups in total. The minimum atomic E-state index is -0.805. The third-order valence-electron chi connectivity index (χ3n) is 2.80. The van der Waals surface area contributed by atoms with Crippen molar-refractivity contribution >= 4 is 11.9 Å². The molecule has 0 aromatic carbocycles. The lowest BCUT2D eigenvalue weighted by Crippen LogP contribution is -2.45. The van der Waals surface area contributed by atoms with Crippen molar-refractivity contribution in [1.82, 2.24) is 4.90 Å². The predicted molar refractivity (Wildman–Crippen MR) is 59.6 cm³/mol. The van der Waals surface area contributed by atoms with Crippen molar-refractivity contribution in [3.63, 3.8) is 0 Å². The molecule has 1 rings (SSSR count). The van der Waals surface area contributed by atoms with E-state index in [1.54, 1.807) is 6.92 Å². The van der Waals surface area contributed by atoms with Gasteiger partial charge in [0.2, 0.25) is 0 Å². The maximum Gasteiger partial charge on any atom is 0.308 e. The van der Waals surface area contributed by atoms with E-state index in [9.17, 15) is 9.59 Å². The zero-order valence-corrected chi connectivity index (χ0v) is 10.2. The summed E-state index contributed by atoms with van der Waals surface area (Å²) in [5.74, 6) is -1.52. The van der Waals surface area contributed by atoms with Crippen LogP contribution in [0.15, 0.2) is 0 Å². The molecule has 1 aliphatic rings. The van der Waals surface area contributed by atoms with Gasteiger partial charge in [-0.2, -0.15) is 0 Å². The molecule has 2 atom stereocenters. The van der Waals surface area contributed by atoms with Crippen molar-refractivity contribution in [3.8, 4) is 0 Å².